The van der Waals surface area contributed by atoms with Crippen molar-refractivity contribution in [3.63, 3.8) is 0 Å². The Bertz CT molecular complexity index is 861. The van der Waals surface area contributed by atoms with Crippen molar-refractivity contribution in [1.29, 1.82) is 0 Å². The molecule has 28 heavy (non-hydrogen) atoms. The molecule has 1 saturated heterocycles. The van der Waals surface area contributed by atoms with E-state index in [1.54, 1.807) is 6.92 Å². The molecule has 5 nitrogen and oxygen atoms in total. The first-order chi connectivity index (χ1) is 13.3. The van der Waals surface area contributed by atoms with E-state index in [-0.39, 0.29) is 17.6 Å². The van der Waals surface area contributed by atoms with E-state index >= 15 is 0 Å². The third-order valence-corrected chi connectivity index (χ3v) is 5.16. The van der Waals surface area contributed by atoms with Gasteiger partial charge in [-0.2, -0.15) is 13.2 Å². The maximum atomic E-state index is 12.9. The third kappa shape index (κ3) is 4.59. The van der Waals surface area contributed by atoms with E-state index in [1.165, 1.54) is 17.0 Å². The van der Waals surface area contributed by atoms with Crippen LogP contribution in [0.25, 0.3) is 0 Å². The van der Waals surface area contributed by atoms with Crippen LogP contribution >= 0.6 is 11.8 Å². The van der Waals surface area contributed by atoms with Crippen LogP contribution in [0.5, 0.6) is 0 Å². The van der Waals surface area contributed by atoms with Gasteiger partial charge in [0.15, 0.2) is 0 Å². The number of hydrogen-bond donors (Lipinski definition) is 1. The maximum absolute atomic E-state index is 12.9. The highest BCUT2D eigenvalue weighted by atomic mass is 32.2. The monoisotopic (exact) mass is 410 g/mol. The van der Waals surface area contributed by atoms with Crippen LogP contribution < -0.4 is 10.2 Å². The summed E-state index contributed by atoms with van der Waals surface area (Å²) in [5.41, 5.74) is -0.981. The van der Waals surface area contributed by atoms with Crippen LogP contribution in [0.2, 0.25) is 0 Å². The molecule has 0 radical (unpaired) electrons. The first-order valence-electron chi connectivity index (χ1n) is 8.38. The van der Waals surface area contributed by atoms with Crippen molar-refractivity contribution in [2.45, 2.75) is 24.6 Å². The number of carbonyl (C=O) groups is 2. The van der Waals surface area contributed by atoms with E-state index in [0.29, 0.717) is 0 Å². The first kappa shape index (κ1) is 20.1. The minimum Gasteiger partial charge on any atom is -0.425 e. The van der Waals surface area contributed by atoms with Gasteiger partial charge in [0.2, 0.25) is 5.44 Å². The van der Waals surface area contributed by atoms with Crippen molar-refractivity contribution in [1.82, 2.24) is 5.32 Å². The number of thioether (sulfide) groups is 1. The number of anilines is 1. The second-order valence-corrected chi connectivity index (χ2v) is 7.14. The van der Waals surface area contributed by atoms with Gasteiger partial charge in [0, 0.05) is 5.69 Å². The molecule has 1 unspecified atom stereocenters. The zero-order chi connectivity index (χ0) is 20.3. The number of hydrogen-bond acceptors (Lipinski definition) is 4. The van der Waals surface area contributed by atoms with E-state index in [0.717, 1.165) is 29.5 Å². The summed E-state index contributed by atoms with van der Waals surface area (Å²) in [4.78, 5) is 25.7. The fraction of sp³-hybridized carbons (Fsp3) is 0.263. The van der Waals surface area contributed by atoms with Crippen LogP contribution in [0.15, 0.2) is 54.6 Å². The third-order valence-electron chi connectivity index (χ3n) is 4.16. The molecule has 2 aromatic rings. The van der Waals surface area contributed by atoms with Gasteiger partial charge < -0.3 is 10.1 Å². The summed E-state index contributed by atoms with van der Waals surface area (Å²) >= 11 is 1.03. The number of carbonyl (C=O) groups excluding carboxylic acids is 2. The molecule has 2 atom stereocenters. The zero-order valence-corrected chi connectivity index (χ0v) is 15.6. The van der Waals surface area contributed by atoms with Crippen LogP contribution in [0, 0.1) is 0 Å². The van der Waals surface area contributed by atoms with Gasteiger partial charge in [-0.05, 0) is 30.7 Å². The maximum Gasteiger partial charge on any atom is 0.416 e. The summed E-state index contributed by atoms with van der Waals surface area (Å²) in [7, 11) is 0. The number of alkyl halides is 3. The number of rotatable bonds is 4. The minimum absolute atomic E-state index is 0.0896. The fourth-order valence-corrected chi connectivity index (χ4v) is 3.66. The Morgan fingerprint density at radius 1 is 1.21 bits per heavy atom. The lowest BCUT2D eigenvalue weighted by molar-refractivity contribution is -0.137. The van der Waals surface area contributed by atoms with Gasteiger partial charge in [0.25, 0.3) is 5.91 Å². The molecular weight excluding hydrogens is 393 g/mol. The van der Waals surface area contributed by atoms with Crippen molar-refractivity contribution in [3.8, 4) is 0 Å². The molecule has 1 N–H and O–H groups in total. The van der Waals surface area contributed by atoms with Gasteiger partial charge in [0.1, 0.15) is 0 Å². The summed E-state index contributed by atoms with van der Waals surface area (Å²) in [6, 6.07) is 13.4. The summed E-state index contributed by atoms with van der Waals surface area (Å²) in [5, 5.41) is 2.63. The van der Waals surface area contributed by atoms with Gasteiger partial charge in [-0.3, -0.25) is 9.69 Å². The van der Waals surface area contributed by atoms with Crippen molar-refractivity contribution in [2.75, 3.05) is 10.8 Å². The van der Waals surface area contributed by atoms with Gasteiger partial charge in [-0.15, -0.1) is 0 Å². The lowest BCUT2D eigenvalue weighted by Crippen LogP contribution is -2.35. The van der Waals surface area contributed by atoms with Gasteiger partial charge in [-0.1, -0.05) is 48.2 Å². The highest BCUT2D eigenvalue weighted by Gasteiger charge is 2.38. The molecule has 148 valence electrons. The average molecular weight is 410 g/mol. The molecule has 2 aromatic carbocycles. The number of nitrogens with zero attached hydrogens (tertiary/aromatic N) is 1. The van der Waals surface area contributed by atoms with Gasteiger partial charge in [-0.25, -0.2) is 4.79 Å². The minimum atomic E-state index is -4.50. The van der Waals surface area contributed by atoms with E-state index in [9.17, 15) is 22.8 Å². The SMILES string of the molecule is C[C@@H](NC(=O)OC1SCN(c2cccc(C(F)(F)F)c2)C1=O)c1ccccc1. The predicted octanol–water partition coefficient (Wildman–Crippen LogP) is 4.56. The summed E-state index contributed by atoms with van der Waals surface area (Å²) in [6.45, 7) is 1.77. The number of amides is 2. The van der Waals surface area contributed by atoms with Crippen molar-refractivity contribution in [3.05, 3.63) is 65.7 Å². The molecule has 0 spiro atoms. The summed E-state index contributed by atoms with van der Waals surface area (Å²) in [5.74, 6) is -0.487. The number of alkyl carbamates (subject to hydrolysis) is 1. The topological polar surface area (TPSA) is 58.6 Å². The molecular formula is C19H17F3N2O3S. The fourth-order valence-electron chi connectivity index (χ4n) is 2.67. The van der Waals surface area contributed by atoms with Crippen molar-refractivity contribution < 1.29 is 27.5 Å². The van der Waals surface area contributed by atoms with Crippen LogP contribution in [0.4, 0.5) is 23.7 Å². The molecule has 1 aliphatic rings. The van der Waals surface area contributed by atoms with Crippen LogP contribution in [0.1, 0.15) is 24.1 Å². The second kappa shape index (κ2) is 8.14. The number of nitrogens with one attached hydrogen (secondary N) is 1. The molecule has 9 heteroatoms. The van der Waals surface area contributed by atoms with Crippen LogP contribution in [0.3, 0.4) is 0 Å². The standard InChI is InChI=1S/C19H17F3N2O3S/c1-12(13-6-3-2-4-7-13)23-18(26)27-17-16(25)24(11-28-17)15-9-5-8-14(10-15)19(20,21)22/h2-10,12,17H,11H2,1H3,(H,23,26)/t12-,17?/m1/s1. The molecule has 0 bridgehead atoms. The molecule has 0 saturated carbocycles. The van der Waals surface area contributed by atoms with Gasteiger partial charge >= 0.3 is 12.3 Å². The molecule has 3 rings (SSSR count). The van der Waals surface area contributed by atoms with E-state index in [4.69, 9.17) is 4.74 Å². The Balaban J connectivity index is 1.62. The lowest BCUT2D eigenvalue weighted by atomic mass is 10.1. The Hall–Kier alpha value is -2.68. The number of benzene rings is 2. The quantitative estimate of drug-likeness (QED) is 0.803. The largest absolute Gasteiger partial charge is 0.425 e. The Labute approximate surface area is 163 Å². The second-order valence-electron chi connectivity index (χ2n) is 6.12. The molecule has 0 aliphatic carbocycles. The number of halogens is 3. The number of ether oxygens (including phenoxy) is 1. The van der Waals surface area contributed by atoms with Crippen molar-refractivity contribution in [2.24, 2.45) is 0 Å². The molecule has 1 heterocycles. The zero-order valence-electron chi connectivity index (χ0n) is 14.8. The summed E-state index contributed by atoms with van der Waals surface area (Å²) < 4.78 is 43.8. The smallest absolute Gasteiger partial charge is 0.416 e. The Morgan fingerprint density at radius 3 is 2.61 bits per heavy atom. The first-order valence-corrected chi connectivity index (χ1v) is 9.43. The normalized spacial score (nSPS) is 18.1. The lowest BCUT2D eigenvalue weighted by Gasteiger charge is -2.18. The Kier molecular flexibility index (Phi) is 5.83. The molecule has 2 amide bonds. The van der Waals surface area contributed by atoms with E-state index in [1.807, 2.05) is 30.3 Å². The molecule has 0 aromatic heterocycles. The molecule has 1 aliphatic heterocycles. The predicted molar refractivity (Wildman–Crippen MR) is 99.6 cm³/mol. The van der Waals surface area contributed by atoms with Crippen LogP contribution in [-0.2, 0) is 15.7 Å². The Morgan fingerprint density at radius 2 is 1.93 bits per heavy atom. The average Bonchev–Trinajstić information content (AvgIpc) is 3.02. The van der Waals surface area contributed by atoms with E-state index < -0.39 is 29.2 Å². The molecule has 1 fully saturated rings. The highest BCUT2D eigenvalue weighted by molar-refractivity contribution is 8.01. The highest BCUT2D eigenvalue weighted by Crippen LogP contribution is 2.35. The van der Waals surface area contributed by atoms with Crippen molar-refractivity contribution >= 4 is 29.4 Å². The van der Waals surface area contributed by atoms with Crippen LogP contribution in [-0.4, -0.2) is 23.3 Å². The van der Waals surface area contributed by atoms with Gasteiger partial charge in [0.05, 0.1) is 17.5 Å². The summed E-state index contributed by atoms with van der Waals surface area (Å²) in [6.07, 6.45) is -5.27. The van der Waals surface area contributed by atoms with E-state index in [2.05, 4.69) is 5.32 Å².